The monoisotopic (exact) mass is 474 g/mol. The van der Waals surface area contributed by atoms with E-state index in [1.807, 2.05) is 30.3 Å². The molecular formula is C25H21F3O4S. The van der Waals surface area contributed by atoms with Crippen LogP contribution in [0.1, 0.15) is 23.1 Å². The average molecular weight is 475 g/mol. The molecule has 0 fully saturated rings. The zero-order valence-electron chi connectivity index (χ0n) is 17.5. The van der Waals surface area contributed by atoms with E-state index in [0.717, 1.165) is 57.9 Å². The van der Waals surface area contributed by atoms with Crippen LogP contribution in [0, 0.1) is 0 Å². The summed E-state index contributed by atoms with van der Waals surface area (Å²) >= 11 is 1.61. The Morgan fingerprint density at radius 2 is 1.67 bits per heavy atom. The number of benzene rings is 3. The van der Waals surface area contributed by atoms with Gasteiger partial charge in [0.2, 0.25) is 0 Å². The number of ether oxygens (including phenoxy) is 2. The lowest BCUT2D eigenvalue weighted by atomic mass is 10.0. The molecule has 4 nitrogen and oxygen atoms in total. The van der Waals surface area contributed by atoms with Gasteiger partial charge in [-0.15, -0.1) is 11.8 Å². The van der Waals surface area contributed by atoms with Gasteiger partial charge in [0.1, 0.15) is 11.5 Å². The topological polar surface area (TPSA) is 55.8 Å². The fourth-order valence-corrected chi connectivity index (χ4v) is 4.59. The van der Waals surface area contributed by atoms with Gasteiger partial charge in [0.15, 0.2) is 6.61 Å². The summed E-state index contributed by atoms with van der Waals surface area (Å²) in [5.74, 6) is 0.935. The summed E-state index contributed by atoms with van der Waals surface area (Å²) in [4.78, 5) is 11.8. The van der Waals surface area contributed by atoms with Crippen LogP contribution in [-0.2, 0) is 23.1 Å². The van der Waals surface area contributed by atoms with Crippen molar-refractivity contribution in [1.82, 2.24) is 0 Å². The van der Waals surface area contributed by atoms with Gasteiger partial charge in [-0.2, -0.15) is 13.2 Å². The average Bonchev–Trinajstić information content (AvgIpc) is 2.81. The van der Waals surface area contributed by atoms with E-state index < -0.39 is 24.3 Å². The molecule has 172 valence electrons. The first-order valence-electron chi connectivity index (χ1n) is 10.3. The molecule has 1 N–H and O–H groups in total. The maximum atomic E-state index is 12.8. The van der Waals surface area contributed by atoms with Crippen LogP contribution in [0.4, 0.5) is 13.2 Å². The van der Waals surface area contributed by atoms with Crippen LogP contribution in [-0.4, -0.2) is 24.3 Å². The Morgan fingerprint density at radius 3 is 2.30 bits per heavy atom. The Labute approximate surface area is 193 Å². The Kier molecular flexibility index (Phi) is 6.83. The van der Waals surface area contributed by atoms with E-state index in [2.05, 4.69) is 0 Å². The summed E-state index contributed by atoms with van der Waals surface area (Å²) in [6, 6.07) is 16.5. The second-order valence-electron chi connectivity index (χ2n) is 7.56. The predicted octanol–water partition coefficient (Wildman–Crippen LogP) is 6.45. The van der Waals surface area contributed by atoms with Gasteiger partial charge in [-0.3, -0.25) is 0 Å². The molecule has 3 aromatic rings. The molecule has 0 saturated heterocycles. The molecule has 0 spiro atoms. The number of aliphatic carboxylic acids is 1. The van der Waals surface area contributed by atoms with Crippen LogP contribution in [0.25, 0.3) is 11.1 Å². The zero-order valence-corrected chi connectivity index (χ0v) is 18.3. The molecule has 0 amide bonds. The fraction of sp³-hybridized carbons (Fsp3) is 0.240. The van der Waals surface area contributed by atoms with Gasteiger partial charge in [0.05, 0.1) is 17.1 Å². The third kappa shape index (κ3) is 5.63. The van der Waals surface area contributed by atoms with Crippen molar-refractivity contribution in [3.05, 3.63) is 77.4 Å². The zero-order chi connectivity index (χ0) is 23.4. The molecule has 33 heavy (non-hydrogen) atoms. The number of carboxylic acid groups (broad SMARTS) is 1. The highest BCUT2D eigenvalue weighted by atomic mass is 32.2. The van der Waals surface area contributed by atoms with E-state index in [1.54, 1.807) is 17.8 Å². The molecule has 0 radical (unpaired) electrons. The quantitative estimate of drug-likeness (QED) is 0.399. The summed E-state index contributed by atoms with van der Waals surface area (Å²) in [6.45, 7) is 0.203. The molecule has 0 atom stereocenters. The number of fused-ring (bicyclic) bond motifs is 1. The first-order valence-corrected chi connectivity index (χ1v) is 11.3. The molecule has 1 heterocycles. The minimum atomic E-state index is -4.34. The predicted molar refractivity (Wildman–Crippen MR) is 120 cm³/mol. The number of carbonyl (C=O) groups is 1. The summed E-state index contributed by atoms with van der Waals surface area (Å²) in [5, 5.41) is 8.87. The van der Waals surface area contributed by atoms with Gasteiger partial charge in [-0.05, 0) is 53.8 Å². The number of hydrogen-bond acceptors (Lipinski definition) is 4. The van der Waals surface area contributed by atoms with E-state index in [1.165, 1.54) is 12.1 Å². The van der Waals surface area contributed by atoms with Crippen LogP contribution in [0.15, 0.2) is 65.6 Å². The van der Waals surface area contributed by atoms with E-state index in [9.17, 15) is 18.0 Å². The van der Waals surface area contributed by atoms with Crippen molar-refractivity contribution in [3.8, 4) is 22.6 Å². The van der Waals surface area contributed by atoms with Crippen molar-refractivity contribution in [1.29, 1.82) is 0 Å². The third-order valence-electron chi connectivity index (χ3n) is 5.24. The van der Waals surface area contributed by atoms with Crippen molar-refractivity contribution in [2.75, 3.05) is 13.2 Å². The lowest BCUT2D eigenvalue weighted by molar-refractivity contribution is -0.139. The highest BCUT2D eigenvalue weighted by Crippen LogP contribution is 2.42. The summed E-state index contributed by atoms with van der Waals surface area (Å²) < 4.78 is 49.6. The normalized spacial score (nSPS) is 13.2. The maximum absolute atomic E-state index is 12.8. The first-order chi connectivity index (χ1) is 15.8. The van der Waals surface area contributed by atoms with Crippen LogP contribution in [0.2, 0.25) is 0 Å². The summed E-state index contributed by atoms with van der Waals surface area (Å²) in [6.07, 6.45) is -2.74. The summed E-state index contributed by atoms with van der Waals surface area (Å²) in [7, 11) is 0. The Balaban J connectivity index is 1.45. The van der Waals surface area contributed by atoms with Gasteiger partial charge in [-0.1, -0.05) is 36.4 Å². The van der Waals surface area contributed by atoms with Crippen LogP contribution >= 0.6 is 11.8 Å². The summed E-state index contributed by atoms with van der Waals surface area (Å²) in [5.41, 5.74) is 2.86. The highest BCUT2D eigenvalue weighted by Gasteiger charge is 2.30. The van der Waals surface area contributed by atoms with Gasteiger partial charge in [0, 0.05) is 11.3 Å². The van der Waals surface area contributed by atoms with E-state index in [4.69, 9.17) is 14.6 Å². The number of halogens is 3. The minimum absolute atomic E-state index is 0.399. The Bertz CT molecular complexity index is 1130. The molecule has 0 saturated carbocycles. The SMILES string of the molecule is O=C(O)COc1ccc(SCc2ccc(-c3ccc(C(F)(F)F)cc3)cc2)c2c1CCCO2. The van der Waals surface area contributed by atoms with Crippen LogP contribution in [0.3, 0.4) is 0 Å². The van der Waals surface area contributed by atoms with Gasteiger partial charge in [0.25, 0.3) is 0 Å². The second kappa shape index (κ2) is 9.79. The van der Waals surface area contributed by atoms with Gasteiger partial charge in [-0.25, -0.2) is 4.79 Å². The molecule has 0 aliphatic carbocycles. The largest absolute Gasteiger partial charge is 0.492 e. The fourth-order valence-electron chi connectivity index (χ4n) is 3.60. The number of alkyl halides is 3. The highest BCUT2D eigenvalue weighted by molar-refractivity contribution is 7.98. The van der Waals surface area contributed by atoms with Crippen molar-refractivity contribution < 1.29 is 32.5 Å². The minimum Gasteiger partial charge on any atom is -0.492 e. The van der Waals surface area contributed by atoms with Crippen molar-refractivity contribution >= 4 is 17.7 Å². The standard InChI is InChI=1S/C25H21F3O4S/c26-25(27,28)19-9-7-18(8-10-19)17-5-3-16(4-6-17)15-33-22-12-11-21(32-14-23(29)30)20-2-1-13-31-24(20)22/h3-12H,1-2,13-15H2,(H,29,30). The number of rotatable bonds is 7. The Morgan fingerprint density at radius 1 is 1.00 bits per heavy atom. The van der Waals surface area contributed by atoms with E-state index >= 15 is 0 Å². The lowest BCUT2D eigenvalue weighted by Gasteiger charge is -2.22. The lowest BCUT2D eigenvalue weighted by Crippen LogP contribution is -2.14. The molecule has 8 heteroatoms. The number of carboxylic acids is 1. The van der Waals surface area contributed by atoms with Crippen LogP contribution < -0.4 is 9.47 Å². The third-order valence-corrected chi connectivity index (χ3v) is 6.35. The van der Waals surface area contributed by atoms with Crippen molar-refractivity contribution in [3.63, 3.8) is 0 Å². The molecule has 0 aromatic heterocycles. The Hall–Kier alpha value is -3.13. The molecule has 4 rings (SSSR count). The number of hydrogen-bond donors (Lipinski definition) is 1. The van der Waals surface area contributed by atoms with Gasteiger partial charge >= 0.3 is 12.1 Å². The van der Waals surface area contributed by atoms with E-state index in [-0.39, 0.29) is 0 Å². The van der Waals surface area contributed by atoms with Crippen molar-refractivity contribution in [2.24, 2.45) is 0 Å². The molecule has 1 aliphatic heterocycles. The molecule has 1 aliphatic rings. The first kappa shape index (κ1) is 23.0. The molecule has 3 aromatic carbocycles. The second-order valence-corrected chi connectivity index (χ2v) is 8.58. The molecule has 0 unspecified atom stereocenters. The smallest absolute Gasteiger partial charge is 0.416 e. The molecular weight excluding hydrogens is 453 g/mol. The number of thioether (sulfide) groups is 1. The van der Waals surface area contributed by atoms with Gasteiger partial charge < -0.3 is 14.6 Å². The van der Waals surface area contributed by atoms with Crippen LogP contribution in [0.5, 0.6) is 11.5 Å². The maximum Gasteiger partial charge on any atom is 0.416 e. The van der Waals surface area contributed by atoms with E-state index in [0.29, 0.717) is 18.1 Å². The molecule has 0 bridgehead atoms. The van der Waals surface area contributed by atoms with Crippen molar-refractivity contribution in [2.45, 2.75) is 29.7 Å².